The third-order valence-corrected chi connectivity index (χ3v) is 2.18. The van der Waals surface area contributed by atoms with Crippen LogP contribution < -0.4 is 0 Å². The van der Waals surface area contributed by atoms with Crippen molar-refractivity contribution < 1.29 is 19.3 Å². The number of nitro groups is 1. The standard InChI is InChI=1S/C13H16N2O5/c1-13(2,3)19-12(16)11(20-14-4)9-6-5-7-10(8-9)15(17)18/h5-8,11H,4H2,1-3H3. The van der Waals surface area contributed by atoms with E-state index >= 15 is 0 Å². The van der Waals surface area contributed by atoms with Gasteiger partial charge in [0.25, 0.3) is 5.69 Å². The molecule has 0 aromatic heterocycles. The molecule has 7 nitrogen and oxygen atoms in total. The third kappa shape index (κ3) is 4.34. The van der Waals surface area contributed by atoms with Crippen LogP contribution >= 0.6 is 0 Å². The Hall–Kier alpha value is -2.44. The number of esters is 1. The lowest BCUT2D eigenvalue weighted by molar-refractivity contribution is -0.385. The van der Waals surface area contributed by atoms with Crippen LogP contribution in [0.2, 0.25) is 0 Å². The average molecular weight is 280 g/mol. The first-order valence-corrected chi connectivity index (χ1v) is 5.83. The van der Waals surface area contributed by atoms with Crippen molar-refractivity contribution in [3.63, 3.8) is 0 Å². The molecule has 0 saturated heterocycles. The highest BCUT2D eigenvalue weighted by Crippen LogP contribution is 2.25. The minimum Gasteiger partial charge on any atom is -0.457 e. The summed E-state index contributed by atoms with van der Waals surface area (Å²) in [6.45, 7) is 8.26. The lowest BCUT2D eigenvalue weighted by Crippen LogP contribution is -2.28. The van der Waals surface area contributed by atoms with Crippen LogP contribution in [0.1, 0.15) is 32.4 Å². The van der Waals surface area contributed by atoms with Crippen molar-refractivity contribution in [1.29, 1.82) is 0 Å². The number of benzene rings is 1. The highest BCUT2D eigenvalue weighted by atomic mass is 16.7. The zero-order valence-corrected chi connectivity index (χ0v) is 11.5. The fourth-order valence-corrected chi connectivity index (χ4v) is 1.47. The maximum atomic E-state index is 12.0. The van der Waals surface area contributed by atoms with E-state index in [4.69, 9.17) is 9.57 Å². The summed E-state index contributed by atoms with van der Waals surface area (Å²) in [6.07, 6.45) is -1.19. The van der Waals surface area contributed by atoms with Crippen LogP contribution in [0.25, 0.3) is 0 Å². The van der Waals surface area contributed by atoms with Gasteiger partial charge in [-0.25, -0.2) is 4.79 Å². The zero-order chi connectivity index (χ0) is 15.3. The van der Waals surface area contributed by atoms with Gasteiger partial charge >= 0.3 is 5.97 Å². The van der Waals surface area contributed by atoms with E-state index in [-0.39, 0.29) is 11.3 Å². The van der Waals surface area contributed by atoms with Crippen LogP contribution in [0.4, 0.5) is 5.69 Å². The van der Waals surface area contributed by atoms with Crippen LogP contribution in [-0.2, 0) is 14.4 Å². The summed E-state index contributed by atoms with van der Waals surface area (Å²) in [5.74, 6) is -0.689. The monoisotopic (exact) mass is 280 g/mol. The van der Waals surface area contributed by atoms with E-state index in [2.05, 4.69) is 11.9 Å². The van der Waals surface area contributed by atoms with Gasteiger partial charge in [-0.2, -0.15) is 0 Å². The van der Waals surface area contributed by atoms with Gasteiger partial charge in [-0.1, -0.05) is 12.1 Å². The highest BCUT2D eigenvalue weighted by Gasteiger charge is 2.29. The van der Waals surface area contributed by atoms with Gasteiger partial charge in [0.1, 0.15) is 5.60 Å². The van der Waals surface area contributed by atoms with E-state index in [0.29, 0.717) is 0 Å². The van der Waals surface area contributed by atoms with Crippen molar-refractivity contribution in [3.05, 3.63) is 39.9 Å². The van der Waals surface area contributed by atoms with E-state index in [0.717, 1.165) is 0 Å². The van der Waals surface area contributed by atoms with E-state index in [9.17, 15) is 14.9 Å². The SMILES string of the molecule is C=NOC(C(=O)OC(C)(C)C)c1cccc([N+](=O)[O-])c1. The molecule has 1 unspecified atom stereocenters. The number of hydrogen-bond acceptors (Lipinski definition) is 6. The van der Waals surface area contributed by atoms with Crippen LogP contribution in [0.5, 0.6) is 0 Å². The van der Waals surface area contributed by atoms with E-state index in [1.165, 1.54) is 24.3 Å². The first kappa shape index (κ1) is 15.6. The smallest absolute Gasteiger partial charge is 0.355 e. The van der Waals surface area contributed by atoms with Gasteiger partial charge in [0.05, 0.1) is 4.92 Å². The molecule has 7 heteroatoms. The topological polar surface area (TPSA) is 91.0 Å². The average Bonchev–Trinajstić information content (AvgIpc) is 2.33. The van der Waals surface area contributed by atoms with Crippen LogP contribution in [0, 0.1) is 10.1 Å². The fraction of sp³-hybridized carbons (Fsp3) is 0.385. The van der Waals surface area contributed by atoms with E-state index in [1.54, 1.807) is 20.8 Å². The summed E-state index contributed by atoms with van der Waals surface area (Å²) in [5, 5.41) is 14.0. The van der Waals surface area contributed by atoms with Crippen molar-refractivity contribution >= 4 is 18.4 Å². The largest absolute Gasteiger partial charge is 0.457 e. The lowest BCUT2D eigenvalue weighted by Gasteiger charge is -2.22. The Morgan fingerprint density at radius 2 is 2.10 bits per heavy atom. The van der Waals surface area contributed by atoms with Crippen molar-refractivity contribution in [3.8, 4) is 0 Å². The molecule has 0 bridgehead atoms. The molecule has 0 amide bonds. The summed E-state index contributed by atoms with van der Waals surface area (Å²) in [5.41, 5.74) is -0.579. The van der Waals surface area contributed by atoms with Gasteiger partial charge in [-0.15, -0.1) is 5.16 Å². The van der Waals surface area contributed by atoms with Crippen LogP contribution in [-0.4, -0.2) is 23.2 Å². The number of hydrogen-bond donors (Lipinski definition) is 0. The first-order valence-electron chi connectivity index (χ1n) is 5.83. The molecule has 1 aromatic rings. The van der Waals surface area contributed by atoms with Gasteiger partial charge < -0.3 is 9.57 Å². The molecule has 0 aliphatic heterocycles. The molecule has 20 heavy (non-hydrogen) atoms. The van der Waals surface area contributed by atoms with Crippen molar-refractivity contribution in [2.24, 2.45) is 5.16 Å². The Balaban J connectivity index is 3.07. The highest BCUT2D eigenvalue weighted by molar-refractivity contribution is 5.77. The second-order valence-corrected chi connectivity index (χ2v) is 5.00. The Bertz CT molecular complexity index is 522. The predicted octanol–water partition coefficient (Wildman–Crippen LogP) is 2.61. The number of nitrogens with zero attached hydrogens (tertiary/aromatic N) is 2. The van der Waals surface area contributed by atoms with Crippen LogP contribution in [0.15, 0.2) is 29.4 Å². The number of ether oxygens (including phenoxy) is 1. The number of non-ortho nitro benzene ring substituents is 1. The molecule has 1 aromatic carbocycles. The lowest BCUT2D eigenvalue weighted by atomic mass is 10.1. The zero-order valence-electron chi connectivity index (χ0n) is 11.5. The summed E-state index contributed by atoms with van der Waals surface area (Å²) in [6, 6.07) is 5.53. The van der Waals surface area contributed by atoms with Gasteiger partial charge in [0, 0.05) is 24.4 Å². The number of nitro benzene ring substituents is 1. The summed E-state index contributed by atoms with van der Waals surface area (Å²) < 4.78 is 5.19. The Labute approximate surface area is 116 Å². The van der Waals surface area contributed by atoms with Gasteiger partial charge in [-0.3, -0.25) is 10.1 Å². The molecule has 0 N–H and O–H groups in total. The maximum absolute atomic E-state index is 12.0. The quantitative estimate of drug-likeness (QED) is 0.358. The molecule has 1 rings (SSSR count). The molecule has 0 radical (unpaired) electrons. The van der Waals surface area contributed by atoms with Crippen molar-refractivity contribution in [2.75, 3.05) is 0 Å². The first-order chi connectivity index (χ1) is 9.24. The molecule has 1 atom stereocenters. The second kappa shape index (κ2) is 6.14. The molecule has 0 saturated carbocycles. The van der Waals surface area contributed by atoms with E-state index < -0.39 is 22.6 Å². The number of oxime groups is 1. The van der Waals surface area contributed by atoms with Gasteiger partial charge in [-0.05, 0) is 20.8 Å². The molecular formula is C13H16N2O5. The van der Waals surface area contributed by atoms with Crippen molar-refractivity contribution in [2.45, 2.75) is 32.5 Å². The minimum absolute atomic E-state index is 0.149. The molecule has 0 spiro atoms. The summed E-state index contributed by atoms with van der Waals surface area (Å²) in [4.78, 5) is 27.1. The molecule has 108 valence electrons. The Morgan fingerprint density at radius 1 is 1.45 bits per heavy atom. The third-order valence-electron chi connectivity index (χ3n) is 2.18. The predicted molar refractivity (Wildman–Crippen MR) is 72.3 cm³/mol. The molecular weight excluding hydrogens is 264 g/mol. The number of rotatable bonds is 5. The number of carbonyl (C=O) groups is 1. The summed E-state index contributed by atoms with van der Waals surface area (Å²) in [7, 11) is 0. The molecule has 0 aliphatic rings. The Kier molecular flexibility index (Phi) is 4.79. The second-order valence-electron chi connectivity index (χ2n) is 5.00. The van der Waals surface area contributed by atoms with Crippen LogP contribution in [0.3, 0.4) is 0 Å². The van der Waals surface area contributed by atoms with Crippen molar-refractivity contribution in [1.82, 2.24) is 0 Å². The fourth-order valence-electron chi connectivity index (χ4n) is 1.47. The normalized spacial score (nSPS) is 12.3. The van der Waals surface area contributed by atoms with Gasteiger partial charge in [0.2, 0.25) is 6.10 Å². The Morgan fingerprint density at radius 3 is 2.60 bits per heavy atom. The molecule has 0 fully saturated rings. The maximum Gasteiger partial charge on any atom is 0.355 e. The minimum atomic E-state index is -1.19. The molecule has 0 aliphatic carbocycles. The molecule has 0 heterocycles. The summed E-state index contributed by atoms with van der Waals surface area (Å²) >= 11 is 0. The number of carbonyl (C=O) groups excluding carboxylic acids is 1. The van der Waals surface area contributed by atoms with Gasteiger partial charge in [0.15, 0.2) is 0 Å². The van der Waals surface area contributed by atoms with E-state index in [1.807, 2.05) is 0 Å².